The largest absolute Gasteiger partial charge is 0.480 e. The van der Waals surface area contributed by atoms with Crippen molar-refractivity contribution in [3.63, 3.8) is 0 Å². The maximum Gasteiger partial charge on any atom is 0.326 e. The number of carboxylic acid groups (broad SMARTS) is 1. The van der Waals surface area contributed by atoms with E-state index >= 15 is 0 Å². The van der Waals surface area contributed by atoms with Gasteiger partial charge in [0.25, 0.3) is 0 Å². The molecule has 0 aromatic rings. The molecule has 0 aliphatic carbocycles. The molecule has 4 N–H and O–H groups in total. The van der Waals surface area contributed by atoms with Crippen molar-refractivity contribution >= 4 is 12.0 Å². The van der Waals surface area contributed by atoms with Crippen LogP contribution in [0, 0.1) is 0 Å². The average molecular weight is 270 g/mol. The number of nitrogens with one attached hydrogen (secondary N) is 3. The molecule has 1 atom stereocenters. The van der Waals surface area contributed by atoms with Crippen LogP contribution in [0.5, 0.6) is 0 Å². The molecule has 1 aliphatic rings. The number of nitrogens with zero attached hydrogens (tertiary/aromatic N) is 1. The molecule has 1 saturated heterocycles. The van der Waals surface area contributed by atoms with Gasteiger partial charge in [-0.1, -0.05) is 6.08 Å². The Morgan fingerprint density at radius 2 is 2.11 bits per heavy atom. The molecule has 108 valence electrons. The highest BCUT2D eigenvalue weighted by Crippen LogP contribution is 1.93. The Kier molecular flexibility index (Phi) is 6.91. The predicted molar refractivity (Wildman–Crippen MR) is 72.1 cm³/mol. The van der Waals surface area contributed by atoms with Crippen molar-refractivity contribution in [3.8, 4) is 0 Å². The van der Waals surface area contributed by atoms with E-state index in [1.807, 2.05) is 0 Å². The van der Waals surface area contributed by atoms with Crippen LogP contribution in [0.3, 0.4) is 0 Å². The van der Waals surface area contributed by atoms with Crippen LogP contribution in [-0.2, 0) is 4.79 Å². The van der Waals surface area contributed by atoms with Crippen molar-refractivity contribution in [3.05, 3.63) is 12.7 Å². The maximum absolute atomic E-state index is 11.5. The van der Waals surface area contributed by atoms with Gasteiger partial charge in [0.05, 0.1) is 0 Å². The summed E-state index contributed by atoms with van der Waals surface area (Å²) < 4.78 is 0. The summed E-state index contributed by atoms with van der Waals surface area (Å²) in [5.41, 5.74) is 0. The molecule has 1 aliphatic heterocycles. The van der Waals surface area contributed by atoms with E-state index in [0.29, 0.717) is 6.54 Å². The highest BCUT2D eigenvalue weighted by molar-refractivity contribution is 5.82. The van der Waals surface area contributed by atoms with Crippen molar-refractivity contribution in [1.82, 2.24) is 20.9 Å². The molecule has 1 rings (SSSR count). The zero-order chi connectivity index (χ0) is 14.1. The molecule has 0 aromatic heterocycles. The van der Waals surface area contributed by atoms with E-state index in [1.165, 1.54) is 6.08 Å². The lowest BCUT2D eigenvalue weighted by Gasteiger charge is -2.27. The monoisotopic (exact) mass is 270 g/mol. The highest BCUT2D eigenvalue weighted by Gasteiger charge is 2.18. The molecule has 0 radical (unpaired) electrons. The summed E-state index contributed by atoms with van der Waals surface area (Å²) in [6, 6.07) is -1.37. The second-order valence-electron chi connectivity index (χ2n) is 4.41. The topological polar surface area (TPSA) is 93.7 Å². The molecule has 1 fully saturated rings. The van der Waals surface area contributed by atoms with Crippen LogP contribution in [0.4, 0.5) is 4.79 Å². The molecular weight excluding hydrogens is 248 g/mol. The number of amides is 2. The van der Waals surface area contributed by atoms with Gasteiger partial charge in [-0.25, -0.2) is 9.59 Å². The lowest BCUT2D eigenvalue weighted by Crippen LogP contribution is -2.49. The maximum atomic E-state index is 11.5. The average Bonchev–Trinajstić information content (AvgIpc) is 2.39. The molecule has 0 aromatic carbocycles. The van der Waals surface area contributed by atoms with Gasteiger partial charge in [0.15, 0.2) is 0 Å². The smallest absolute Gasteiger partial charge is 0.326 e. The zero-order valence-corrected chi connectivity index (χ0v) is 11.0. The van der Waals surface area contributed by atoms with Gasteiger partial charge in [0, 0.05) is 39.3 Å². The first-order valence-corrected chi connectivity index (χ1v) is 6.44. The minimum absolute atomic E-state index is 0.209. The SMILES string of the molecule is C=CCC(NC(=O)NCCN1CCNCC1)C(=O)O. The Balaban J connectivity index is 2.18. The van der Waals surface area contributed by atoms with Crippen LogP contribution in [0.2, 0.25) is 0 Å². The summed E-state index contributed by atoms with van der Waals surface area (Å²) >= 11 is 0. The fourth-order valence-electron chi connectivity index (χ4n) is 1.86. The summed E-state index contributed by atoms with van der Waals surface area (Å²) in [4.78, 5) is 24.6. The molecule has 19 heavy (non-hydrogen) atoms. The third kappa shape index (κ3) is 6.21. The molecular formula is C12H22N4O3. The van der Waals surface area contributed by atoms with Crippen molar-refractivity contribution < 1.29 is 14.7 Å². The van der Waals surface area contributed by atoms with E-state index in [9.17, 15) is 9.59 Å². The third-order valence-corrected chi connectivity index (χ3v) is 2.93. The van der Waals surface area contributed by atoms with E-state index < -0.39 is 18.0 Å². The van der Waals surface area contributed by atoms with Gasteiger partial charge < -0.3 is 21.1 Å². The van der Waals surface area contributed by atoms with Crippen LogP contribution >= 0.6 is 0 Å². The van der Waals surface area contributed by atoms with Crippen LogP contribution in [0.15, 0.2) is 12.7 Å². The third-order valence-electron chi connectivity index (χ3n) is 2.93. The summed E-state index contributed by atoms with van der Waals surface area (Å²) in [5, 5.41) is 17.2. The van der Waals surface area contributed by atoms with Crippen molar-refractivity contribution in [2.45, 2.75) is 12.5 Å². The fraction of sp³-hybridized carbons (Fsp3) is 0.667. The number of carbonyl (C=O) groups is 2. The quantitative estimate of drug-likeness (QED) is 0.455. The van der Waals surface area contributed by atoms with E-state index in [-0.39, 0.29) is 6.42 Å². The molecule has 7 heteroatoms. The summed E-state index contributed by atoms with van der Waals surface area (Å²) in [7, 11) is 0. The Hall–Kier alpha value is -1.60. The van der Waals surface area contributed by atoms with Gasteiger partial charge in [0.2, 0.25) is 0 Å². The first-order valence-electron chi connectivity index (χ1n) is 6.44. The van der Waals surface area contributed by atoms with Crippen molar-refractivity contribution in [1.29, 1.82) is 0 Å². The minimum atomic E-state index is -1.06. The Bertz CT molecular complexity index is 316. The molecule has 0 spiro atoms. The number of hydrogen-bond donors (Lipinski definition) is 4. The summed E-state index contributed by atoms with van der Waals surface area (Å²) in [6.45, 7) is 8.61. The van der Waals surface area contributed by atoms with Gasteiger partial charge in [-0.3, -0.25) is 4.90 Å². The summed E-state index contributed by atoms with van der Waals surface area (Å²) in [6.07, 6.45) is 1.68. The highest BCUT2D eigenvalue weighted by atomic mass is 16.4. The normalized spacial score (nSPS) is 17.5. The first-order chi connectivity index (χ1) is 9.13. The lowest BCUT2D eigenvalue weighted by molar-refractivity contribution is -0.139. The predicted octanol–water partition coefficient (Wildman–Crippen LogP) is -0.780. The van der Waals surface area contributed by atoms with Gasteiger partial charge in [0.1, 0.15) is 6.04 Å². The van der Waals surface area contributed by atoms with E-state index in [1.54, 1.807) is 0 Å². The minimum Gasteiger partial charge on any atom is -0.480 e. The number of urea groups is 1. The fourth-order valence-corrected chi connectivity index (χ4v) is 1.86. The number of carboxylic acids is 1. The zero-order valence-electron chi connectivity index (χ0n) is 11.0. The van der Waals surface area contributed by atoms with Crippen LogP contribution in [0.25, 0.3) is 0 Å². The number of piperazine rings is 1. The Labute approximate surface area is 113 Å². The molecule has 2 amide bonds. The standard InChI is InChI=1S/C12H22N4O3/c1-2-3-10(11(17)18)15-12(19)14-6-9-16-7-4-13-5-8-16/h2,10,13H,1,3-9H2,(H,17,18)(H2,14,15,19). The van der Waals surface area contributed by atoms with Gasteiger partial charge in [-0.15, -0.1) is 6.58 Å². The van der Waals surface area contributed by atoms with E-state index in [2.05, 4.69) is 27.4 Å². The molecule has 1 unspecified atom stereocenters. The van der Waals surface area contributed by atoms with Gasteiger partial charge in [-0.05, 0) is 6.42 Å². The summed E-state index contributed by atoms with van der Waals surface area (Å²) in [5.74, 6) is -1.06. The Morgan fingerprint density at radius 3 is 2.68 bits per heavy atom. The lowest BCUT2D eigenvalue weighted by atomic mass is 10.2. The number of aliphatic carboxylic acids is 1. The van der Waals surface area contributed by atoms with Crippen LogP contribution < -0.4 is 16.0 Å². The van der Waals surface area contributed by atoms with Gasteiger partial charge in [-0.2, -0.15) is 0 Å². The molecule has 1 heterocycles. The van der Waals surface area contributed by atoms with E-state index in [0.717, 1.165) is 32.7 Å². The second-order valence-corrected chi connectivity index (χ2v) is 4.41. The van der Waals surface area contributed by atoms with Crippen molar-refractivity contribution in [2.24, 2.45) is 0 Å². The number of carbonyl (C=O) groups excluding carboxylic acids is 1. The first kappa shape index (κ1) is 15.5. The Morgan fingerprint density at radius 1 is 1.42 bits per heavy atom. The molecule has 0 bridgehead atoms. The number of hydrogen-bond acceptors (Lipinski definition) is 4. The number of rotatable bonds is 7. The van der Waals surface area contributed by atoms with Crippen LogP contribution in [0.1, 0.15) is 6.42 Å². The second kappa shape index (κ2) is 8.49. The van der Waals surface area contributed by atoms with E-state index in [4.69, 9.17) is 5.11 Å². The molecule has 7 nitrogen and oxygen atoms in total. The van der Waals surface area contributed by atoms with Crippen molar-refractivity contribution in [2.75, 3.05) is 39.3 Å². The van der Waals surface area contributed by atoms with Crippen LogP contribution in [-0.4, -0.2) is 67.3 Å². The molecule has 0 saturated carbocycles. The van der Waals surface area contributed by atoms with Gasteiger partial charge >= 0.3 is 12.0 Å².